The smallest absolute Gasteiger partial charge is 0.263 e. The first kappa shape index (κ1) is 12.1. The Hall–Kier alpha value is -2.37. The molecule has 6 nitrogen and oxygen atoms in total. The van der Waals surface area contributed by atoms with Crippen molar-refractivity contribution in [3.8, 4) is 0 Å². The third-order valence-electron chi connectivity index (χ3n) is 2.55. The molecule has 2 rings (SSSR count). The van der Waals surface area contributed by atoms with Gasteiger partial charge in [-0.2, -0.15) is 5.10 Å². The first-order valence-electron chi connectivity index (χ1n) is 5.71. The molecule has 3 N–H and O–H groups in total. The first-order valence-corrected chi connectivity index (χ1v) is 5.71. The molecule has 0 spiro atoms. The number of hydrogen-bond acceptors (Lipinski definition) is 5. The Balaban J connectivity index is 1.99. The lowest BCUT2D eigenvalue weighted by Gasteiger charge is -2.04. The van der Waals surface area contributed by atoms with Crippen LogP contribution in [-0.4, -0.2) is 21.1 Å². The number of nitrogens with one attached hydrogen (secondary N) is 1. The molecular weight excluding hydrogens is 228 g/mol. The number of hydrazone groups is 1. The van der Waals surface area contributed by atoms with Crippen molar-refractivity contribution in [3.63, 3.8) is 0 Å². The SMILES string of the molecule is CC(C)c1ccc(/C=N\Nc2nncn2N)cc1. The van der Waals surface area contributed by atoms with Crippen molar-refractivity contribution in [3.05, 3.63) is 41.7 Å². The van der Waals surface area contributed by atoms with Crippen LogP contribution >= 0.6 is 0 Å². The van der Waals surface area contributed by atoms with E-state index in [1.807, 2.05) is 12.1 Å². The van der Waals surface area contributed by atoms with Crippen molar-refractivity contribution in [2.45, 2.75) is 19.8 Å². The van der Waals surface area contributed by atoms with E-state index in [9.17, 15) is 0 Å². The number of nitrogens with zero attached hydrogens (tertiary/aromatic N) is 4. The summed E-state index contributed by atoms with van der Waals surface area (Å²) >= 11 is 0. The second kappa shape index (κ2) is 5.31. The van der Waals surface area contributed by atoms with Crippen molar-refractivity contribution in [2.24, 2.45) is 5.10 Å². The van der Waals surface area contributed by atoms with E-state index in [1.165, 1.54) is 16.6 Å². The molecule has 0 aliphatic carbocycles. The summed E-state index contributed by atoms with van der Waals surface area (Å²) in [6, 6.07) is 8.23. The zero-order chi connectivity index (χ0) is 13.0. The van der Waals surface area contributed by atoms with Crippen LogP contribution in [0.5, 0.6) is 0 Å². The van der Waals surface area contributed by atoms with Gasteiger partial charge in [-0.25, -0.2) is 10.1 Å². The zero-order valence-corrected chi connectivity index (χ0v) is 10.4. The van der Waals surface area contributed by atoms with Crippen LogP contribution in [0, 0.1) is 0 Å². The van der Waals surface area contributed by atoms with E-state index in [-0.39, 0.29) is 0 Å². The summed E-state index contributed by atoms with van der Waals surface area (Å²) in [5.41, 5.74) is 5.03. The van der Waals surface area contributed by atoms with Gasteiger partial charge in [0.1, 0.15) is 6.33 Å². The van der Waals surface area contributed by atoms with Gasteiger partial charge in [0, 0.05) is 0 Å². The Morgan fingerprint density at radius 2 is 2.06 bits per heavy atom. The highest BCUT2D eigenvalue weighted by molar-refractivity contribution is 5.80. The minimum Gasteiger partial charge on any atom is -0.335 e. The van der Waals surface area contributed by atoms with Crippen LogP contribution in [0.1, 0.15) is 30.9 Å². The lowest BCUT2D eigenvalue weighted by atomic mass is 10.0. The van der Waals surface area contributed by atoms with Gasteiger partial charge in [0.25, 0.3) is 5.95 Å². The molecule has 0 saturated carbocycles. The minimum absolute atomic E-state index is 0.394. The summed E-state index contributed by atoms with van der Waals surface area (Å²) in [4.78, 5) is 0. The maximum atomic E-state index is 5.53. The predicted molar refractivity (Wildman–Crippen MR) is 71.9 cm³/mol. The van der Waals surface area contributed by atoms with Gasteiger partial charge in [-0.05, 0) is 17.0 Å². The molecule has 6 heteroatoms. The average molecular weight is 244 g/mol. The van der Waals surface area contributed by atoms with Gasteiger partial charge in [0.15, 0.2) is 0 Å². The van der Waals surface area contributed by atoms with Crippen LogP contribution in [0.15, 0.2) is 35.7 Å². The maximum absolute atomic E-state index is 5.53. The maximum Gasteiger partial charge on any atom is 0.263 e. The van der Waals surface area contributed by atoms with E-state index in [4.69, 9.17) is 5.84 Å². The van der Waals surface area contributed by atoms with Crippen LogP contribution in [-0.2, 0) is 0 Å². The van der Waals surface area contributed by atoms with E-state index < -0.39 is 0 Å². The van der Waals surface area contributed by atoms with Crippen LogP contribution < -0.4 is 11.3 Å². The van der Waals surface area contributed by atoms with Crippen molar-refractivity contribution < 1.29 is 0 Å². The largest absolute Gasteiger partial charge is 0.335 e. The van der Waals surface area contributed by atoms with Gasteiger partial charge < -0.3 is 5.84 Å². The fourth-order valence-electron chi connectivity index (χ4n) is 1.45. The number of aromatic nitrogens is 3. The number of benzene rings is 1. The number of nitrogen functional groups attached to an aromatic ring is 1. The third kappa shape index (κ3) is 2.85. The standard InChI is InChI=1S/C12H16N6/c1-9(2)11-5-3-10(4-6-11)7-14-16-12-17-15-8-18(12)13/h3-9H,13H2,1-2H3,(H,16,17)/b14-7-. The summed E-state index contributed by atoms with van der Waals surface area (Å²) < 4.78 is 1.26. The fraction of sp³-hybridized carbons (Fsp3) is 0.250. The topological polar surface area (TPSA) is 81.1 Å². The van der Waals surface area contributed by atoms with Gasteiger partial charge in [-0.15, -0.1) is 10.2 Å². The molecule has 0 fully saturated rings. The van der Waals surface area contributed by atoms with Crippen molar-refractivity contribution in [1.82, 2.24) is 14.9 Å². The van der Waals surface area contributed by atoms with E-state index in [0.717, 1.165) is 5.56 Å². The number of rotatable bonds is 4. The van der Waals surface area contributed by atoms with Gasteiger partial charge >= 0.3 is 0 Å². The molecule has 2 aromatic rings. The molecule has 94 valence electrons. The molecule has 18 heavy (non-hydrogen) atoms. The second-order valence-corrected chi connectivity index (χ2v) is 4.25. The summed E-state index contributed by atoms with van der Waals surface area (Å²) in [5, 5.41) is 11.4. The second-order valence-electron chi connectivity index (χ2n) is 4.25. The Kier molecular flexibility index (Phi) is 3.57. The van der Waals surface area contributed by atoms with Crippen LogP contribution in [0.2, 0.25) is 0 Å². The minimum atomic E-state index is 0.394. The van der Waals surface area contributed by atoms with Gasteiger partial charge in [-0.3, -0.25) is 0 Å². The molecule has 0 radical (unpaired) electrons. The molecule has 0 amide bonds. The molecular formula is C12H16N6. The lowest BCUT2D eigenvalue weighted by molar-refractivity contribution is 0.866. The Bertz CT molecular complexity index is 526. The summed E-state index contributed by atoms with van der Waals surface area (Å²) in [6.07, 6.45) is 3.11. The molecule has 0 aliphatic rings. The number of nitrogens with two attached hydrogens (primary N) is 1. The van der Waals surface area contributed by atoms with Gasteiger partial charge in [0.05, 0.1) is 6.21 Å². The highest BCUT2D eigenvalue weighted by Gasteiger charge is 1.98. The van der Waals surface area contributed by atoms with Gasteiger partial charge in [-0.1, -0.05) is 38.1 Å². The molecule has 0 unspecified atom stereocenters. The lowest BCUT2D eigenvalue weighted by Crippen LogP contribution is -2.10. The predicted octanol–water partition coefficient (Wildman–Crippen LogP) is 1.56. The summed E-state index contributed by atoms with van der Waals surface area (Å²) in [6.45, 7) is 4.33. The van der Waals surface area contributed by atoms with E-state index in [1.54, 1.807) is 6.21 Å². The quantitative estimate of drug-likeness (QED) is 0.486. The third-order valence-corrected chi connectivity index (χ3v) is 2.55. The van der Waals surface area contributed by atoms with E-state index >= 15 is 0 Å². The molecule has 0 saturated heterocycles. The van der Waals surface area contributed by atoms with Crippen molar-refractivity contribution >= 4 is 12.2 Å². The summed E-state index contributed by atoms with van der Waals surface area (Å²) in [7, 11) is 0. The van der Waals surface area contributed by atoms with Crippen LogP contribution in [0.25, 0.3) is 0 Å². The monoisotopic (exact) mass is 244 g/mol. The van der Waals surface area contributed by atoms with Crippen molar-refractivity contribution in [2.75, 3.05) is 11.3 Å². The highest BCUT2D eigenvalue weighted by atomic mass is 15.5. The molecule has 1 aromatic carbocycles. The van der Waals surface area contributed by atoms with Crippen LogP contribution in [0.4, 0.5) is 5.95 Å². The first-order chi connectivity index (χ1) is 8.66. The van der Waals surface area contributed by atoms with Crippen LogP contribution in [0.3, 0.4) is 0 Å². The average Bonchev–Trinajstić information content (AvgIpc) is 2.76. The molecule has 0 aliphatic heterocycles. The number of hydrogen-bond donors (Lipinski definition) is 2. The molecule has 1 aromatic heterocycles. The fourth-order valence-corrected chi connectivity index (χ4v) is 1.45. The summed E-state index contributed by atoms with van der Waals surface area (Å²) in [5.74, 6) is 6.45. The highest BCUT2D eigenvalue weighted by Crippen LogP contribution is 2.13. The molecule has 1 heterocycles. The normalized spacial score (nSPS) is 11.3. The Morgan fingerprint density at radius 3 is 2.61 bits per heavy atom. The van der Waals surface area contributed by atoms with E-state index in [2.05, 4.69) is 46.7 Å². The Labute approximate surface area is 106 Å². The molecule has 0 atom stereocenters. The van der Waals surface area contributed by atoms with Gasteiger partial charge in [0.2, 0.25) is 0 Å². The molecule has 0 bridgehead atoms. The number of anilines is 1. The zero-order valence-electron chi connectivity index (χ0n) is 10.4. The Morgan fingerprint density at radius 1 is 1.33 bits per heavy atom. The van der Waals surface area contributed by atoms with Crippen molar-refractivity contribution in [1.29, 1.82) is 0 Å². The van der Waals surface area contributed by atoms with E-state index in [0.29, 0.717) is 11.9 Å².